The Bertz CT molecular complexity index is 1090. The molecule has 0 aliphatic rings. The summed E-state index contributed by atoms with van der Waals surface area (Å²) in [5.74, 6) is -0.222. The molecule has 0 heterocycles. The van der Waals surface area contributed by atoms with Crippen LogP contribution in [0.3, 0.4) is 0 Å². The number of carbonyl (C=O) groups excluding carboxylic acids is 2. The molecule has 35 heavy (non-hydrogen) atoms. The van der Waals surface area contributed by atoms with E-state index in [0.717, 1.165) is 16.9 Å². The van der Waals surface area contributed by atoms with Crippen molar-refractivity contribution in [2.75, 3.05) is 13.7 Å². The van der Waals surface area contributed by atoms with Crippen molar-refractivity contribution in [1.82, 2.24) is 10.6 Å². The molecule has 3 rings (SSSR count). The summed E-state index contributed by atoms with van der Waals surface area (Å²) in [6.45, 7) is 0.802. The van der Waals surface area contributed by atoms with Gasteiger partial charge in [0.15, 0.2) is 5.78 Å². The van der Waals surface area contributed by atoms with Crippen molar-refractivity contribution in [3.05, 3.63) is 101 Å². The van der Waals surface area contributed by atoms with Gasteiger partial charge in [0, 0.05) is 31.5 Å². The number of hydrogen-bond donors (Lipinski definition) is 3. The molecule has 0 spiro atoms. The number of benzene rings is 3. The zero-order valence-corrected chi connectivity index (χ0v) is 19.7. The topological polar surface area (TPSA) is 87.7 Å². The Hall–Kier alpha value is -3.55. The van der Waals surface area contributed by atoms with Crippen molar-refractivity contribution in [1.29, 1.82) is 0 Å². The van der Waals surface area contributed by atoms with Crippen molar-refractivity contribution >= 4 is 11.7 Å². The van der Waals surface area contributed by atoms with Crippen LogP contribution in [0, 0.1) is 5.82 Å². The average Bonchev–Trinajstić information content (AvgIpc) is 2.88. The summed E-state index contributed by atoms with van der Waals surface area (Å²) >= 11 is 0. The van der Waals surface area contributed by atoms with Gasteiger partial charge in [-0.15, -0.1) is 0 Å². The number of aliphatic hydroxyl groups is 1. The molecule has 0 fully saturated rings. The fraction of sp³-hybridized carbons (Fsp3) is 0.286. The van der Waals surface area contributed by atoms with Gasteiger partial charge in [0.2, 0.25) is 5.91 Å². The molecule has 3 aromatic carbocycles. The summed E-state index contributed by atoms with van der Waals surface area (Å²) in [6, 6.07) is 22.0. The summed E-state index contributed by atoms with van der Waals surface area (Å²) in [6.07, 6.45) is -0.427. The highest BCUT2D eigenvalue weighted by Crippen LogP contribution is 2.13. The number of hydrogen-bond acceptors (Lipinski definition) is 5. The minimum atomic E-state index is -0.849. The van der Waals surface area contributed by atoms with Crippen molar-refractivity contribution in [2.45, 2.75) is 38.0 Å². The molecular weight excluding hydrogens is 447 g/mol. The largest absolute Gasteiger partial charge is 0.497 e. The van der Waals surface area contributed by atoms with E-state index in [4.69, 9.17) is 4.74 Å². The maximum absolute atomic E-state index is 13.1. The lowest BCUT2D eigenvalue weighted by molar-refractivity contribution is -0.122. The van der Waals surface area contributed by atoms with Crippen LogP contribution in [0.25, 0.3) is 0 Å². The molecule has 0 saturated carbocycles. The molecule has 184 valence electrons. The second-order valence-electron chi connectivity index (χ2n) is 8.34. The third kappa shape index (κ3) is 8.63. The molecule has 7 heteroatoms. The van der Waals surface area contributed by atoms with Crippen LogP contribution in [0.15, 0.2) is 78.9 Å². The quantitative estimate of drug-likeness (QED) is 0.326. The number of halogens is 1. The van der Waals surface area contributed by atoms with Gasteiger partial charge in [-0.05, 0) is 53.9 Å². The van der Waals surface area contributed by atoms with Gasteiger partial charge in [0.05, 0.1) is 19.3 Å². The third-order valence-corrected chi connectivity index (χ3v) is 5.67. The smallest absolute Gasteiger partial charge is 0.220 e. The van der Waals surface area contributed by atoms with E-state index in [1.54, 1.807) is 7.11 Å². The van der Waals surface area contributed by atoms with Crippen LogP contribution >= 0.6 is 0 Å². The molecule has 6 nitrogen and oxygen atoms in total. The Morgan fingerprint density at radius 2 is 1.66 bits per heavy atom. The summed E-state index contributed by atoms with van der Waals surface area (Å²) in [7, 11) is 1.61. The van der Waals surface area contributed by atoms with Crippen LogP contribution in [0.2, 0.25) is 0 Å². The van der Waals surface area contributed by atoms with Gasteiger partial charge < -0.3 is 20.5 Å². The second kappa shape index (κ2) is 13.4. The van der Waals surface area contributed by atoms with E-state index >= 15 is 0 Å². The van der Waals surface area contributed by atoms with E-state index in [1.165, 1.54) is 24.3 Å². The Balaban J connectivity index is 1.56. The normalized spacial score (nSPS) is 12.5. The lowest BCUT2D eigenvalue weighted by atomic mass is 10.00. The molecule has 3 N–H and O–H groups in total. The predicted octanol–water partition coefficient (Wildman–Crippen LogP) is 3.68. The van der Waals surface area contributed by atoms with Crippen molar-refractivity contribution in [2.24, 2.45) is 0 Å². The monoisotopic (exact) mass is 478 g/mol. The Morgan fingerprint density at radius 1 is 0.943 bits per heavy atom. The maximum atomic E-state index is 13.1. The molecule has 0 saturated heterocycles. The van der Waals surface area contributed by atoms with Crippen LogP contribution in [0.4, 0.5) is 4.39 Å². The van der Waals surface area contributed by atoms with Gasteiger partial charge in [-0.3, -0.25) is 9.59 Å². The number of nitrogens with one attached hydrogen (secondary N) is 2. The highest BCUT2D eigenvalue weighted by Gasteiger charge is 2.22. The summed E-state index contributed by atoms with van der Waals surface area (Å²) in [5.41, 5.74) is 2.35. The number of aliphatic hydroxyl groups excluding tert-OH is 1. The zero-order valence-electron chi connectivity index (χ0n) is 19.7. The van der Waals surface area contributed by atoms with Gasteiger partial charge in [-0.1, -0.05) is 42.5 Å². The number of methoxy groups -OCH3 is 1. The number of Topliss-reactive ketones (excluding diaryl/α,β-unsaturated/α-hetero) is 1. The van der Waals surface area contributed by atoms with Crippen molar-refractivity contribution in [3.63, 3.8) is 0 Å². The van der Waals surface area contributed by atoms with E-state index < -0.39 is 18.0 Å². The number of rotatable bonds is 13. The minimum absolute atomic E-state index is 0.000290. The summed E-state index contributed by atoms with van der Waals surface area (Å²) in [5, 5.41) is 17.0. The van der Waals surface area contributed by atoms with Crippen molar-refractivity contribution < 1.29 is 23.8 Å². The lowest BCUT2D eigenvalue weighted by Gasteiger charge is -2.25. The fourth-order valence-corrected chi connectivity index (χ4v) is 3.73. The highest BCUT2D eigenvalue weighted by atomic mass is 19.1. The maximum Gasteiger partial charge on any atom is 0.220 e. The van der Waals surface area contributed by atoms with Crippen LogP contribution in [0.1, 0.15) is 34.3 Å². The van der Waals surface area contributed by atoms with E-state index in [1.807, 2.05) is 54.6 Å². The van der Waals surface area contributed by atoms with Gasteiger partial charge in [-0.2, -0.15) is 0 Å². The Labute approximate surface area is 205 Å². The fourth-order valence-electron chi connectivity index (χ4n) is 3.73. The zero-order chi connectivity index (χ0) is 25.0. The molecule has 0 aromatic heterocycles. The molecule has 0 radical (unpaired) electrons. The predicted molar refractivity (Wildman–Crippen MR) is 133 cm³/mol. The van der Waals surface area contributed by atoms with Gasteiger partial charge in [0.1, 0.15) is 11.6 Å². The van der Waals surface area contributed by atoms with Crippen LogP contribution in [-0.2, 0) is 17.8 Å². The molecule has 0 aliphatic heterocycles. The number of amides is 1. The molecular formula is C28H31FN2O4. The molecule has 2 atom stereocenters. The molecule has 0 aliphatic carbocycles. The lowest BCUT2D eigenvalue weighted by Crippen LogP contribution is -2.48. The van der Waals surface area contributed by atoms with Gasteiger partial charge in [-0.25, -0.2) is 4.39 Å². The van der Waals surface area contributed by atoms with Crippen LogP contribution in [-0.4, -0.2) is 42.6 Å². The van der Waals surface area contributed by atoms with Crippen LogP contribution < -0.4 is 15.4 Å². The number of ketones is 1. The Morgan fingerprint density at radius 3 is 2.37 bits per heavy atom. The van der Waals surface area contributed by atoms with Gasteiger partial charge in [0.25, 0.3) is 0 Å². The van der Waals surface area contributed by atoms with E-state index in [9.17, 15) is 19.1 Å². The molecule has 0 unspecified atom stereocenters. The minimum Gasteiger partial charge on any atom is -0.497 e. The van der Waals surface area contributed by atoms with E-state index in [0.29, 0.717) is 18.5 Å². The highest BCUT2D eigenvalue weighted by molar-refractivity contribution is 5.97. The SMILES string of the molecule is COc1cccc(CNC[C@@H](O)[C@H](Cc2ccccc2)NC(=O)CCC(=O)c2ccc(F)cc2)c1. The first kappa shape index (κ1) is 26.1. The molecule has 3 aromatic rings. The second-order valence-corrected chi connectivity index (χ2v) is 8.34. The average molecular weight is 479 g/mol. The van der Waals surface area contributed by atoms with Gasteiger partial charge >= 0.3 is 0 Å². The summed E-state index contributed by atoms with van der Waals surface area (Å²) in [4.78, 5) is 25.0. The van der Waals surface area contributed by atoms with E-state index in [2.05, 4.69) is 10.6 Å². The number of carbonyl (C=O) groups is 2. The standard InChI is InChI=1S/C28H31FN2O4/c1-35-24-9-5-8-21(16-24)18-30-19-27(33)25(17-20-6-3-2-4-7-20)31-28(34)15-14-26(32)22-10-12-23(29)13-11-22/h2-13,16,25,27,30,33H,14-15,17-19H2,1H3,(H,31,34)/t25-,27+/m0/s1. The van der Waals surface area contributed by atoms with Crippen LogP contribution in [0.5, 0.6) is 5.75 Å². The third-order valence-electron chi connectivity index (χ3n) is 5.67. The summed E-state index contributed by atoms with van der Waals surface area (Å²) < 4.78 is 18.3. The van der Waals surface area contributed by atoms with Crippen molar-refractivity contribution in [3.8, 4) is 5.75 Å². The first-order valence-corrected chi connectivity index (χ1v) is 11.6. The Kier molecular flexibility index (Phi) is 9.95. The molecule has 1 amide bonds. The molecule has 0 bridgehead atoms. The van der Waals surface area contributed by atoms with E-state index in [-0.39, 0.29) is 31.1 Å². The first-order valence-electron chi connectivity index (χ1n) is 11.6. The number of ether oxygens (including phenoxy) is 1. The first-order chi connectivity index (χ1) is 16.9.